The third kappa shape index (κ3) is 11.6. The van der Waals surface area contributed by atoms with Crippen molar-refractivity contribution in [2.45, 2.75) is 17.9 Å². The Labute approximate surface area is 239 Å². The molecule has 216 valence electrons. The summed E-state index contributed by atoms with van der Waals surface area (Å²) in [4.78, 5) is 8.74. The summed E-state index contributed by atoms with van der Waals surface area (Å²) in [7, 11) is 6.44. The maximum atomic E-state index is 7.99. The largest absolute Gasteiger partial charge is 0.493 e. The van der Waals surface area contributed by atoms with Crippen molar-refractivity contribution in [3.05, 3.63) is 35.9 Å². The summed E-state index contributed by atoms with van der Waals surface area (Å²) >= 11 is 3.41. The number of nitrogens with one attached hydrogen (secondary N) is 6. The Balaban J connectivity index is 1.46. The summed E-state index contributed by atoms with van der Waals surface area (Å²) in [5, 5.41) is 28.2. The second-order valence-electron chi connectivity index (χ2n) is 7.90. The highest BCUT2D eigenvalue weighted by Gasteiger charge is 2.12. The van der Waals surface area contributed by atoms with Crippen molar-refractivity contribution in [1.82, 2.24) is 31.2 Å². The molecule has 12 nitrogen and oxygen atoms in total. The van der Waals surface area contributed by atoms with Gasteiger partial charge in [-0.05, 0) is 6.42 Å². The van der Waals surface area contributed by atoms with E-state index in [0.717, 1.165) is 29.3 Å². The van der Waals surface area contributed by atoms with E-state index in [1.165, 1.54) is 0 Å². The first-order chi connectivity index (χ1) is 19.0. The Morgan fingerprint density at radius 3 is 1.46 bits per heavy atom. The molecule has 0 fully saturated rings. The van der Waals surface area contributed by atoms with Crippen molar-refractivity contribution in [3.63, 3.8) is 0 Å². The highest BCUT2D eigenvalue weighted by Crippen LogP contribution is 2.32. The van der Waals surface area contributed by atoms with Gasteiger partial charge in [0, 0.05) is 73.7 Å². The summed E-state index contributed by atoms with van der Waals surface area (Å²) in [6.07, 6.45) is 4.20. The van der Waals surface area contributed by atoms with Gasteiger partial charge in [-0.1, -0.05) is 0 Å². The predicted octanol–water partition coefficient (Wildman–Crippen LogP) is 2.30. The molecule has 0 radical (unpaired) electrons. The minimum absolute atomic E-state index is 0.292. The molecule has 0 aliphatic carbocycles. The van der Waals surface area contributed by atoms with Crippen molar-refractivity contribution in [3.8, 4) is 23.0 Å². The molecule has 0 aliphatic heterocycles. The lowest BCUT2D eigenvalue weighted by Gasteiger charge is -2.13. The molecular weight excluding hydrogens is 540 g/mol. The van der Waals surface area contributed by atoms with E-state index in [1.54, 1.807) is 76.5 Å². The van der Waals surface area contributed by atoms with Gasteiger partial charge in [-0.2, -0.15) is 23.5 Å². The van der Waals surface area contributed by atoms with Gasteiger partial charge in [0.1, 0.15) is 0 Å². The quantitative estimate of drug-likeness (QED) is 0.0869. The van der Waals surface area contributed by atoms with Crippen molar-refractivity contribution < 1.29 is 18.9 Å². The summed E-state index contributed by atoms with van der Waals surface area (Å²) < 4.78 is 21.4. The number of guanidine groups is 2. The van der Waals surface area contributed by atoms with Crippen molar-refractivity contribution >= 4 is 35.4 Å². The lowest BCUT2D eigenvalue weighted by atomic mass is 10.3. The van der Waals surface area contributed by atoms with Gasteiger partial charge in [-0.3, -0.25) is 20.8 Å². The molecule has 0 aliphatic rings. The first-order valence-corrected chi connectivity index (χ1v) is 14.7. The minimum Gasteiger partial charge on any atom is -0.493 e. The molecule has 0 amide bonds. The van der Waals surface area contributed by atoms with E-state index >= 15 is 0 Å². The van der Waals surface area contributed by atoms with E-state index in [4.69, 9.17) is 29.8 Å². The Kier molecular flexibility index (Phi) is 15.5. The monoisotopic (exact) mass is 580 g/mol. The van der Waals surface area contributed by atoms with Gasteiger partial charge < -0.3 is 40.2 Å². The van der Waals surface area contributed by atoms with E-state index in [-0.39, 0.29) is 0 Å². The van der Waals surface area contributed by atoms with Gasteiger partial charge in [0.05, 0.1) is 39.8 Å². The zero-order valence-corrected chi connectivity index (χ0v) is 24.7. The molecule has 0 atom stereocenters. The number of nitrogens with zero attached hydrogens (tertiary/aromatic N) is 2. The first-order valence-electron chi connectivity index (χ1n) is 12.4. The first kappa shape index (κ1) is 32.0. The van der Waals surface area contributed by atoms with Crippen LogP contribution in [0.2, 0.25) is 0 Å². The summed E-state index contributed by atoms with van der Waals surface area (Å²) in [6, 6.07) is 3.55. The molecule has 14 heteroatoms. The molecule has 2 aromatic heterocycles. The number of rotatable bonds is 18. The number of pyridine rings is 2. The highest BCUT2D eigenvalue weighted by atomic mass is 32.2. The van der Waals surface area contributed by atoms with Crippen LogP contribution in [0.1, 0.15) is 17.8 Å². The fourth-order valence-corrected chi connectivity index (χ4v) is 4.96. The molecule has 0 bridgehead atoms. The van der Waals surface area contributed by atoms with E-state index in [2.05, 4.69) is 31.2 Å². The van der Waals surface area contributed by atoms with Gasteiger partial charge in [0.2, 0.25) is 0 Å². The molecular formula is C25H40N8O4S2. The zero-order valence-electron chi connectivity index (χ0n) is 23.0. The van der Waals surface area contributed by atoms with Gasteiger partial charge in [-0.15, -0.1) is 0 Å². The lowest BCUT2D eigenvalue weighted by Crippen LogP contribution is -2.40. The van der Waals surface area contributed by atoms with Crippen LogP contribution in [0, 0.1) is 10.8 Å². The van der Waals surface area contributed by atoms with Crippen LogP contribution in [-0.4, -0.2) is 88.0 Å². The van der Waals surface area contributed by atoms with E-state index < -0.39 is 0 Å². The second-order valence-corrected chi connectivity index (χ2v) is 10.1. The Morgan fingerprint density at radius 1 is 0.667 bits per heavy atom. The molecule has 0 saturated carbocycles. The minimum atomic E-state index is 0.292. The molecule has 0 spiro atoms. The van der Waals surface area contributed by atoms with Crippen LogP contribution in [0.25, 0.3) is 0 Å². The van der Waals surface area contributed by atoms with Crippen LogP contribution < -0.4 is 40.2 Å². The van der Waals surface area contributed by atoms with Crippen molar-refractivity contribution in [2.24, 2.45) is 0 Å². The molecule has 39 heavy (non-hydrogen) atoms. The Bertz CT molecular complexity index is 952. The third-order valence-corrected chi connectivity index (χ3v) is 7.20. The van der Waals surface area contributed by atoms with Crippen LogP contribution in [0.5, 0.6) is 23.0 Å². The highest BCUT2D eigenvalue weighted by molar-refractivity contribution is 7.98. The number of hydrogen-bond acceptors (Lipinski definition) is 10. The maximum Gasteiger partial charge on any atom is 0.188 e. The molecule has 2 aromatic rings. The standard InChI is InChI=1S/C25H40N8O4S2/c1-34-20-6-10-28-18(22(20)36-3)16-38-14-12-32-24(26)30-8-5-9-31-25(27)33-13-15-39-17-19-23(37-4)21(35-2)7-11-29-19/h6-7,10-11H,5,8-9,12-17H2,1-4H3,(H3,26,30,32)(H3,27,31,33). The zero-order chi connectivity index (χ0) is 28.3. The van der Waals surface area contributed by atoms with Crippen LogP contribution >= 0.6 is 23.5 Å². The van der Waals surface area contributed by atoms with Crippen LogP contribution in [0.4, 0.5) is 0 Å². The van der Waals surface area contributed by atoms with Gasteiger partial charge in [-0.25, -0.2) is 0 Å². The smallest absolute Gasteiger partial charge is 0.188 e. The molecule has 6 N–H and O–H groups in total. The van der Waals surface area contributed by atoms with Gasteiger partial charge >= 0.3 is 0 Å². The number of thioether (sulfide) groups is 2. The van der Waals surface area contributed by atoms with Gasteiger partial charge in [0.25, 0.3) is 0 Å². The summed E-state index contributed by atoms with van der Waals surface area (Å²) in [5.41, 5.74) is 1.68. The molecule has 2 heterocycles. The molecule has 0 aromatic carbocycles. The third-order valence-electron chi connectivity index (χ3n) is 5.26. The summed E-state index contributed by atoms with van der Waals surface area (Å²) in [5.74, 6) is 6.28. The molecule has 0 unspecified atom stereocenters. The van der Waals surface area contributed by atoms with Gasteiger partial charge in [0.15, 0.2) is 34.9 Å². The number of methoxy groups -OCH3 is 4. The van der Waals surface area contributed by atoms with Crippen molar-refractivity contribution in [2.75, 3.05) is 66.1 Å². The SMILES string of the molecule is COc1ccnc(CSCCNC(=N)NCCCNC(=N)NCCSCc2nccc(OC)c2OC)c1OC. The average molecular weight is 581 g/mol. The fourth-order valence-electron chi connectivity index (χ4n) is 3.38. The Morgan fingerprint density at radius 2 is 1.08 bits per heavy atom. The normalized spacial score (nSPS) is 10.4. The fraction of sp³-hybridized carbons (Fsp3) is 0.520. The average Bonchev–Trinajstić information content (AvgIpc) is 2.95. The Hall–Kier alpha value is -3.26. The number of ether oxygens (including phenoxy) is 4. The van der Waals surface area contributed by atoms with Crippen LogP contribution in [-0.2, 0) is 11.5 Å². The van der Waals surface area contributed by atoms with E-state index in [9.17, 15) is 0 Å². The maximum absolute atomic E-state index is 7.99. The van der Waals surface area contributed by atoms with E-state index in [1.807, 2.05) is 0 Å². The molecule has 0 saturated heterocycles. The van der Waals surface area contributed by atoms with Crippen molar-refractivity contribution in [1.29, 1.82) is 10.8 Å². The van der Waals surface area contributed by atoms with Crippen LogP contribution in [0.3, 0.4) is 0 Å². The second kappa shape index (κ2) is 18.9. The summed E-state index contributed by atoms with van der Waals surface area (Å²) in [6.45, 7) is 2.59. The molecule has 2 rings (SSSR count). The van der Waals surface area contributed by atoms with E-state index in [0.29, 0.717) is 72.6 Å². The number of hydrogen-bond donors (Lipinski definition) is 6. The van der Waals surface area contributed by atoms with Crippen LogP contribution in [0.15, 0.2) is 24.5 Å². The lowest BCUT2D eigenvalue weighted by molar-refractivity contribution is 0.350. The number of aromatic nitrogens is 2. The predicted molar refractivity (Wildman–Crippen MR) is 159 cm³/mol. The topological polar surface area (TPSA) is 159 Å².